The van der Waals surface area contributed by atoms with Crippen molar-refractivity contribution in [2.24, 2.45) is 17.6 Å². The first-order chi connectivity index (χ1) is 11.5. The highest BCUT2D eigenvalue weighted by Gasteiger charge is 2.54. The molecule has 2 aromatic rings. The summed E-state index contributed by atoms with van der Waals surface area (Å²) in [6.45, 7) is 1.39. The number of rotatable bonds is 2. The van der Waals surface area contributed by atoms with Crippen LogP contribution >= 0.6 is 0 Å². The molecular weight excluding hydrogens is 315 g/mol. The van der Waals surface area contributed by atoms with Crippen LogP contribution in [0, 0.1) is 17.7 Å². The van der Waals surface area contributed by atoms with Crippen LogP contribution in [0.2, 0.25) is 0 Å². The zero-order valence-corrected chi connectivity index (χ0v) is 12.9. The normalized spacial score (nSPS) is 28.4. The van der Waals surface area contributed by atoms with Crippen molar-refractivity contribution < 1.29 is 9.60 Å². The lowest BCUT2D eigenvalue weighted by Gasteiger charge is -2.23. The van der Waals surface area contributed by atoms with E-state index >= 15 is 0 Å². The second-order valence-electron chi connectivity index (χ2n) is 7.13. The van der Waals surface area contributed by atoms with Gasteiger partial charge >= 0.3 is 5.69 Å². The summed E-state index contributed by atoms with van der Waals surface area (Å²) >= 11 is 0. The summed E-state index contributed by atoms with van der Waals surface area (Å²) in [6.07, 6.45) is 1.62. The summed E-state index contributed by atoms with van der Waals surface area (Å²) in [4.78, 5) is 26.3. The van der Waals surface area contributed by atoms with E-state index in [9.17, 15) is 19.2 Å². The number of aromatic nitrogens is 2. The fraction of sp³-hybridized carbons (Fsp3) is 0.500. The molecule has 7 nitrogen and oxygen atoms in total. The molecule has 1 aromatic carbocycles. The zero-order valence-electron chi connectivity index (χ0n) is 12.9. The molecule has 0 radical (unpaired) electrons. The molecule has 24 heavy (non-hydrogen) atoms. The minimum atomic E-state index is -0.886. The molecule has 3 aliphatic rings. The van der Waals surface area contributed by atoms with Crippen molar-refractivity contribution in [1.29, 1.82) is 0 Å². The molecule has 0 spiro atoms. The molecule has 1 unspecified atom stereocenters. The Balaban J connectivity index is 1.72. The maximum Gasteiger partial charge on any atom is 0.365 e. The van der Waals surface area contributed by atoms with Gasteiger partial charge in [0.1, 0.15) is 5.82 Å². The number of fused-ring (bicyclic) bond motifs is 2. The molecule has 2 saturated carbocycles. The Morgan fingerprint density at radius 3 is 2.46 bits per heavy atom. The number of benzene rings is 1. The third-order valence-electron chi connectivity index (χ3n) is 5.65. The SMILES string of the molecule is NC1[C@H]2CN(c3cc4c(cc3F)c(=O)n(O)c(=O)n4C3CC3)C[C@@H]12. The van der Waals surface area contributed by atoms with E-state index in [0.29, 0.717) is 36.1 Å². The second kappa shape index (κ2) is 4.38. The van der Waals surface area contributed by atoms with Crippen molar-refractivity contribution in [3.8, 4) is 0 Å². The Labute approximate surface area is 135 Å². The molecule has 2 heterocycles. The van der Waals surface area contributed by atoms with E-state index in [0.717, 1.165) is 18.9 Å². The minimum Gasteiger partial charge on any atom is -0.421 e. The van der Waals surface area contributed by atoms with E-state index in [1.54, 1.807) is 6.07 Å². The number of hydrogen-bond donors (Lipinski definition) is 2. The third kappa shape index (κ3) is 1.74. The summed E-state index contributed by atoms with van der Waals surface area (Å²) in [6, 6.07) is 2.86. The molecule has 8 heteroatoms. The number of nitrogens with two attached hydrogens (primary N) is 1. The van der Waals surface area contributed by atoms with Crippen molar-refractivity contribution in [3.63, 3.8) is 0 Å². The van der Waals surface area contributed by atoms with Crippen LogP contribution in [0.25, 0.3) is 10.9 Å². The summed E-state index contributed by atoms with van der Waals surface area (Å²) in [5, 5.41) is 9.75. The first-order valence-electron chi connectivity index (χ1n) is 8.18. The first-order valence-corrected chi connectivity index (χ1v) is 8.18. The maximum absolute atomic E-state index is 14.6. The number of hydrogen-bond acceptors (Lipinski definition) is 5. The van der Waals surface area contributed by atoms with Crippen LogP contribution in [0.3, 0.4) is 0 Å². The van der Waals surface area contributed by atoms with E-state index in [2.05, 4.69) is 0 Å². The van der Waals surface area contributed by atoms with Gasteiger partial charge in [0, 0.05) is 25.2 Å². The van der Waals surface area contributed by atoms with Crippen molar-refractivity contribution in [1.82, 2.24) is 9.30 Å². The Bertz CT molecular complexity index is 981. The Kier molecular flexibility index (Phi) is 2.56. The van der Waals surface area contributed by atoms with Gasteiger partial charge in [-0.2, -0.15) is 0 Å². The van der Waals surface area contributed by atoms with Gasteiger partial charge in [-0.3, -0.25) is 9.36 Å². The van der Waals surface area contributed by atoms with Gasteiger partial charge in [-0.05, 0) is 36.8 Å². The van der Waals surface area contributed by atoms with Crippen LogP contribution in [0.1, 0.15) is 18.9 Å². The van der Waals surface area contributed by atoms with Gasteiger partial charge in [-0.25, -0.2) is 9.18 Å². The lowest BCUT2D eigenvalue weighted by molar-refractivity contribution is 0.157. The largest absolute Gasteiger partial charge is 0.421 e. The van der Waals surface area contributed by atoms with Crippen LogP contribution in [-0.2, 0) is 0 Å². The predicted octanol–water partition coefficient (Wildman–Crippen LogP) is 0.268. The van der Waals surface area contributed by atoms with Gasteiger partial charge in [0.25, 0.3) is 5.56 Å². The predicted molar refractivity (Wildman–Crippen MR) is 85.0 cm³/mol. The molecule has 0 amide bonds. The Morgan fingerprint density at radius 1 is 1.17 bits per heavy atom. The fourth-order valence-electron chi connectivity index (χ4n) is 4.02. The monoisotopic (exact) mass is 332 g/mol. The minimum absolute atomic E-state index is 0.0197. The van der Waals surface area contributed by atoms with Gasteiger partial charge in [0.2, 0.25) is 0 Å². The Morgan fingerprint density at radius 2 is 1.83 bits per heavy atom. The summed E-state index contributed by atoms with van der Waals surface area (Å²) < 4.78 is 16.1. The second-order valence-corrected chi connectivity index (χ2v) is 7.13. The molecular formula is C16H17FN4O3. The summed E-state index contributed by atoms with van der Waals surface area (Å²) in [5.74, 6) is 0.280. The van der Waals surface area contributed by atoms with Crippen LogP contribution in [-0.4, -0.2) is 33.6 Å². The number of halogens is 1. The van der Waals surface area contributed by atoms with E-state index in [1.807, 2.05) is 4.90 Å². The lowest BCUT2D eigenvalue weighted by atomic mass is 10.2. The molecule has 3 atom stereocenters. The topological polar surface area (TPSA) is 93.5 Å². The molecule has 5 rings (SSSR count). The summed E-state index contributed by atoms with van der Waals surface area (Å²) in [5.41, 5.74) is 5.06. The van der Waals surface area contributed by atoms with Crippen molar-refractivity contribution >= 4 is 16.6 Å². The highest BCUT2D eigenvalue weighted by atomic mass is 19.1. The average Bonchev–Trinajstić information content (AvgIpc) is 3.44. The van der Waals surface area contributed by atoms with Crippen LogP contribution < -0.4 is 21.9 Å². The third-order valence-corrected chi connectivity index (χ3v) is 5.65. The van der Waals surface area contributed by atoms with E-state index in [1.165, 1.54) is 4.57 Å². The summed E-state index contributed by atoms with van der Waals surface area (Å²) in [7, 11) is 0. The average molecular weight is 332 g/mol. The lowest BCUT2D eigenvalue weighted by Crippen LogP contribution is -2.38. The Hall–Kier alpha value is -2.35. The standard InChI is InChI=1S/C16H17FN4O3/c17-11-3-8-12(4-13(11)19-5-9-10(6-19)14(9)18)20(7-1-2-7)16(23)21(24)15(8)22/h3-4,7,9-10,14,24H,1-2,5-6,18H2/t9-,10+,14?. The van der Waals surface area contributed by atoms with Gasteiger partial charge in [-0.15, -0.1) is 0 Å². The highest BCUT2D eigenvalue weighted by Crippen LogP contribution is 2.46. The van der Waals surface area contributed by atoms with Crippen molar-refractivity contribution in [3.05, 3.63) is 38.8 Å². The smallest absolute Gasteiger partial charge is 0.365 e. The quantitative estimate of drug-likeness (QED) is 0.770. The van der Waals surface area contributed by atoms with Crippen molar-refractivity contribution in [2.75, 3.05) is 18.0 Å². The maximum atomic E-state index is 14.6. The van der Waals surface area contributed by atoms with E-state index in [4.69, 9.17) is 5.73 Å². The highest BCUT2D eigenvalue weighted by molar-refractivity contribution is 5.83. The van der Waals surface area contributed by atoms with E-state index < -0.39 is 17.1 Å². The number of piperidine rings is 1. The van der Waals surface area contributed by atoms with Gasteiger partial charge in [-0.1, -0.05) is 4.73 Å². The van der Waals surface area contributed by atoms with Gasteiger partial charge in [0.05, 0.1) is 16.6 Å². The molecule has 0 bridgehead atoms. The molecule has 1 aromatic heterocycles. The fourth-order valence-corrected chi connectivity index (χ4v) is 4.02. The molecule has 1 aliphatic heterocycles. The molecule has 2 aliphatic carbocycles. The number of nitrogens with zero attached hydrogens (tertiary/aromatic N) is 3. The molecule has 126 valence electrons. The number of anilines is 1. The van der Waals surface area contributed by atoms with Crippen LogP contribution in [0.4, 0.5) is 10.1 Å². The van der Waals surface area contributed by atoms with Gasteiger partial charge < -0.3 is 15.8 Å². The van der Waals surface area contributed by atoms with Crippen LogP contribution in [0.5, 0.6) is 0 Å². The van der Waals surface area contributed by atoms with Crippen LogP contribution in [0.15, 0.2) is 21.7 Å². The van der Waals surface area contributed by atoms with E-state index in [-0.39, 0.29) is 22.2 Å². The first kappa shape index (κ1) is 14.0. The molecule has 1 saturated heterocycles. The van der Waals surface area contributed by atoms with Gasteiger partial charge in [0.15, 0.2) is 0 Å². The molecule has 3 fully saturated rings. The molecule has 3 N–H and O–H groups in total. The van der Waals surface area contributed by atoms with Crippen molar-refractivity contribution in [2.45, 2.75) is 24.9 Å². The zero-order chi connectivity index (χ0) is 16.7.